The summed E-state index contributed by atoms with van der Waals surface area (Å²) in [5, 5.41) is 20.7. The number of nitrogens with zero attached hydrogens (tertiary/aromatic N) is 4. The van der Waals surface area contributed by atoms with Crippen LogP contribution < -0.4 is 5.32 Å². The number of sulfonamides is 1. The Morgan fingerprint density at radius 3 is 2.74 bits per heavy atom. The van der Waals surface area contributed by atoms with Crippen LogP contribution in [0.3, 0.4) is 0 Å². The van der Waals surface area contributed by atoms with Gasteiger partial charge in [0.1, 0.15) is 6.04 Å². The first-order valence-corrected chi connectivity index (χ1v) is 13.0. The molecule has 1 aliphatic heterocycles. The number of hydrogen-bond donors (Lipinski definition) is 2. The second kappa shape index (κ2) is 9.27. The maximum Gasteiger partial charge on any atom is 0.264 e. The smallest absolute Gasteiger partial charge is 0.264 e. The summed E-state index contributed by atoms with van der Waals surface area (Å²) in [4.78, 5) is 12.9. The number of aliphatic hydroxyl groups excluding tert-OH is 1. The van der Waals surface area contributed by atoms with Crippen molar-refractivity contribution in [1.82, 2.24) is 24.6 Å². The second-order valence-corrected chi connectivity index (χ2v) is 10.8. The zero-order valence-electron chi connectivity index (χ0n) is 19.3. The quantitative estimate of drug-likeness (QED) is 0.544. The number of aromatic nitrogens is 3. The Balaban J connectivity index is 1.41. The predicted molar refractivity (Wildman–Crippen MR) is 128 cm³/mol. The van der Waals surface area contributed by atoms with Crippen LogP contribution >= 0.6 is 0 Å². The topological polar surface area (TPSA) is 117 Å². The normalized spacial score (nSPS) is 19.9. The molecule has 0 bridgehead atoms. The fourth-order valence-corrected chi connectivity index (χ4v) is 6.19. The molecule has 182 valence electrons. The number of benzene rings is 2. The van der Waals surface area contributed by atoms with Crippen molar-refractivity contribution < 1.29 is 18.3 Å². The molecule has 3 aromatic rings. The number of hydrogen-bond acceptors (Lipinski definition) is 6. The van der Waals surface area contributed by atoms with Gasteiger partial charge in [0.25, 0.3) is 10.0 Å². The van der Waals surface area contributed by atoms with E-state index in [4.69, 9.17) is 0 Å². The number of amides is 1. The zero-order valence-corrected chi connectivity index (χ0v) is 20.1. The number of fused-ring (bicyclic) bond motifs is 1. The Morgan fingerprint density at radius 1 is 1.17 bits per heavy atom. The fraction of sp³-hybridized carbons (Fsp3) is 0.320. The number of carbonyl (C=O) groups is 1. The van der Waals surface area contributed by atoms with Crippen LogP contribution in [-0.4, -0.2) is 44.8 Å². The van der Waals surface area contributed by atoms with E-state index in [-0.39, 0.29) is 24.0 Å². The molecule has 1 amide bonds. The van der Waals surface area contributed by atoms with E-state index in [2.05, 4.69) is 15.6 Å². The minimum atomic E-state index is -3.93. The molecule has 0 saturated heterocycles. The molecule has 1 aromatic heterocycles. The lowest BCUT2D eigenvalue weighted by Crippen LogP contribution is -2.50. The second-order valence-electron chi connectivity index (χ2n) is 8.98. The highest BCUT2D eigenvalue weighted by Gasteiger charge is 2.36. The van der Waals surface area contributed by atoms with Crippen LogP contribution in [0.15, 0.2) is 66.0 Å². The molecular formula is C25H27N5O4S. The van der Waals surface area contributed by atoms with Crippen molar-refractivity contribution in [3.63, 3.8) is 0 Å². The van der Waals surface area contributed by atoms with Gasteiger partial charge in [-0.2, -0.15) is 0 Å². The largest absolute Gasteiger partial charge is 0.392 e. The summed E-state index contributed by atoms with van der Waals surface area (Å²) in [6.45, 7) is 1.89. The summed E-state index contributed by atoms with van der Waals surface area (Å²) in [5.74, 6) is -0.419. The van der Waals surface area contributed by atoms with Gasteiger partial charge in [-0.1, -0.05) is 41.1 Å². The Bertz CT molecular complexity index is 1380. The molecule has 2 N–H and O–H groups in total. The molecular weight excluding hydrogens is 466 g/mol. The predicted octanol–water partition coefficient (Wildman–Crippen LogP) is 2.21. The van der Waals surface area contributed by atoms with Crippen LogP contribution in [0.4, 0.5) is 0 Å². The van der Waals surface area contributed by atoms with E-state index in [1.807, 2.05) is 25.1 Å². The highest BCUT2D eigenvalue weighted by atomic mass is 32.2. The van der Waals surface area contributed by atoms with Gasteiger partial charge in [-0.25, -0.2) is 13.1 Å². The van der Waals surface area contributed by atoms with Gasteiger partial charge < -0.3 is 10.4 Å². The standard InChI is InChI=1S/C25H27N5O4S/c1-17-5-8-21(9-6-17)35(33,34)30-12-11-26-25(32)24(30)14-20-15-29(28-27-20)23-4-2-3-19-13-18(16-31)7-10-22(19)23/h5-13,15,23-24,31H,2-4,14,16H2,1H3,(H,26,32)/t23-,24-/m1/s1. The van der Waals surface area contributed by atoms with Gasteiger partial charge in [-0.05, 0) is 55.0 Å². The van der Waals surface area contributed by atoms with E-state index in [9.17, 15) is 18.3 Å². The first-order valence-electron chi connectivity index (χ1n) is 11.6. The average molecular weight is 494 g/mol. The molecule has 2 heterocycles. The van der Waals surface area contributed by atoms with Crippen LogP contribution in [-0.2, 0) is 34.3 Å². The molecule has 5 rings (SSSR count). The van der Waals surface area contributed by atoms with Gasteiger partial charge in [0.2, 0.25) is 5.91 Å². The molecule has 2 aliphatic rings. The van der Waals surface area contributed by atoms with E-state index >= 15 is 0 Å². The van der Waals surface area contributed by atoms with Crippen LogP contribution in [0.25, 0.3) is 0 Å². The third-order valence-corrected chi connectivity index (χ3v) is 8.40. The van der Waals surface area contributed by atoms with E-state index in [0.29, 0.717) is 5.69 Å². The fourth-order valence-electron chi connectivity index (χ4n) is 4.74. The lowest BCUT2D eigenvalue weighted by molar-refractivity contribution is -0.124. The number of nitrogens with one attached hydrogen (secondary N) is 1. The van der Waals surface area contributed by atoms with Crippen molar-refractivity contribution in [1.29, 1.82) is 0 Å². The minimum absolute atomic E-state index is 0.000199. The first kappa shape index (κ1) is 23.3. The van der Waals surface area contributed by atoms with E-state index in [1.54, 1.807) is 35.1 Å². The van der Waals surface area contributed by atoms with Crippen molar-refractivity contribution in [3.05, 3.63) is 89.0 Å². The molecule has 2 atom stereocenters. The third kappa shape index (κ3) is 4.46. The molecule has 0 radical (unpaired) electrons. The Kier molecular flexibility index (Phi) is 6.16. The summed E-state index contributed by atoms with van der Waals surface area (Å²) in [5.41, 5.74) is 4.70. The summed E-state index contributed by atoms with van der Waals surface area (Å²) in [7, 11) is -3.93. The van der Waals surface area contributed by atoms with Gasteiger partial charge in [-0.3, -0.25) is 9.10 Å². The van der Waals surface area contributed by atoms with Crippen LogP contribution in [0.5, 0.6) is 0 Å². The summed E-state index contributed by atoms with van der Waals surface area (Å²) >= 11 is 0. The van der Waals surface area contributed by atoms with E-state index in [0.717, 1.165) is 40.3 Å². The van der Waals surface area contributed by atoms with Gasteiger partial charge in [-0.15, -0.1) is 5.10 Å². The zero-order chi connectivity index (χ0) is 24.6. The van der Waals surface area contributed by atoms with Gasteiger partial charge >= 0.3 is 0 Å². The van der Waals surface area contributed by atoms with Crippen LogP contribution in [0, 0.1) is 6.92 Å². The first-order chi connectivity index (χ1) is 16.9. The van der Waals surface area contributed by atoms with Crippen molar-refractivity contribution >= 4 is 15.9 Å². The maximum atomic E-state index is 13.3. The SMILES string of the molecule is Cc1ccc(S(=O)(=O)N2C=CNC(=O)[C@H]2Cc2cn([C@@H]3CCCc4cc(CO)ccc43)nn2)cc1. The third-order valence-electron chi connectivity index (χ3n) is 6.61. The van der Waals surface area contributed by atoms with Crippen molar-refractivity contribution in [3.8, 4) is 0 Å². The number of rotatable bonds is 6. The monoisotopic (exact) mass is 493 g/mol. The van der Waals surface area contributed by atoms with Crippen LogP contribution in [0.1, 0.15) is 46.8 Å². The lowest BCUT2D eigenvalue weighted by Gasteiger charge is -2.31. The highest BCUT2D eigenvalue weighted by molar-refractivity contribution is 7.89. The molecule has 9 nitrogen and oxygen atoms in total. The van der Waals surface area contributed by atoms with Crippen molar-refractivity contribution in [2.24, 2.45) is 0 Å². The summed E-state index contributed by atoms with van der Waals surface area (Å²) in [6.07, 6.45) is 7.42. The molecule has 0 unspecified atom stereocenters. The number of aryl methyl sites for hydroxylation is 2. The highest BCUT2D eigenvalue weighted by Crippen LogP contribution is 2.33. The molecule has 0 saturated carbocycles. The Hall–Kier alpha value is -3.50. The minimum Gasteiger partial charge on any atom is -0.392 e. The molecule has 10 heteroatoms. The van der Waals surface area contributed by atoms with Gasteiger partial charge in [0, 0.05) is 25.0 Å². The summed E-state index contributed by atoms with van der Waals surface area (Å²) in [6, 6.07) is 11.5. The van der Waals surface area contributed by atoms with Crippen LogP contribution in [0.2, 0.25) is 0 Å². The maximum absolute atomic E-state index is 13.3. The average Bonchev–Trinajstić information content (AvgIpc) is 3.33. The van der Waals surface area contributed by atoms with E-state index < -0.39 is 22.0 Å². The molecule has 0 fully saturated rings. The number of carbonyl (C=O) groups excluding carboxylic acids is 1. The molecule has 0 spiro atoms. The van der Waals surface area contributed by atoms with Crippen molar-refractivity contribution in [2.45, 2.75) is 56.2 Å². The lowest BCUT2D eigenvalue weighted by atomic mass is 9.86. The molecule has 1 aliphatic carbocycles. The van der Waals surface area contributed by atoms with Crippen molar-refractivity contribution in [2.75, 3.05) is 0 Å². The summed E-state index contributed by atoms with van der Waals surface area (Å²) < 4.78 is 29.5. The number of aliphatic hydroxyl groups is 1. The van der Waals surface area contributed by atoms with E-state index in [1.165, 1.54) is 18.0 Å². The van der Waals surface area contributed by atoms with Gasteiger partial charge in [0.15, 0.2) is 0 Å². The molecule has 35 heavy (non-hydrogen) atoms. The van der Waals surface area contributed by atoms with Gasteiger partial charge in [0.05, 0.1) is 23.2 Å². The Morgan fingerprint density at radius 2 is 1.97 bits per heavy atom. The molecule has 2 aromatic carbocycles. The Labute approximate surface area is 204 Å².